The minimum atomic E-state index is 0.377. The quantitative estimate of drug-likeness (QED) is 0.837. The third-order valence-electron chi connectivity index (χ3n) is 2.44. The highest BCUT2D eigenvalue weighted by atomic mass is 32.2. The van der Waals surface area contributed by atoms with E-state index in [1.807, 2.05) is 22.6 Å². The lowest BCUT2D eigenvalue weighted by Crippen LogP contribution is -2.21. The summed E-state index contributed by atoms with van der Waals surface area (Å²) in [5.41, 5.74) is 5.45. The SMILES string of the molecule is NCCn1cc(OC2CCSCC2)cn1. The summed E-state index contributed by atoms with van der Waals surface area (Å²) in [6.07, 6.45) is 6.37. The molecule has 1 aliphatic rings. The van der Waals surface area contributed by atoms with Crippen LogP contribution in [-0.2, 0) is 6.54 Å². The van der Waals surface area contributed by atoms with Crippen molar-refractivity contribution in [1.82, 2.24) is 9.78 Å². The van der Waals surface area contributed by atoms with Crippen LogP contribution < -0.4 is 10.5 Å². The van der Waals surface area contributed by atoms with Gasteiger partial charge in [0.1, 0.15) is 6.10 Å². The van der Waals surface area contributed by atoms with Crippen LogP contribution in [0.25, 0.3) is 0 Å². The van der Waals surface area contributed by atoms with E-state index in [0.717, 1.165) is 25.1 Å². The first-order valence-corrected chi connectivity index (χ1v) is 6.51. The Labute approximate surface area is 94.2 Å². The van der Waals surface area contributed by atoms with E-state index in [2.05, 4.69) is 5.10 Å². The van der Waals surface area contributed by atoms with E-state index in [-0.39, 0.29) is 0 Å². The number of aromatic nitrogens is 2. The molecule has 0 bridgehead atoms. The van der Waals surface area contributed by atoms with Gasteiger partial charge < -0.3 is 10.5 Å². The van der Waals surface area contributed by atoms with E-state index >= 15 is 0 Å². The number of nitrogens with two attached hydrogens (primary N) is 1. The molecule has 5 heteroatoms. The maximum Gasteiger partial charge on any atom is 0.157 e. The van der Waals surface area contributed by atoms with Crippen LogP contribution in [0.3, 0.4) is 0 Å². The Morgan fingerprint density at radius 1 is 1.53 bits per heavy atom. The minimum Gasteiger partial charge on any atom is -0.487 e. The third-order valence-corrected chi connectivity index (χ3v) is 3.49. The second kappa shape index (κ2) is 5.42. The first-order chi connectivity index (χ1) is 7.38. The van der Waals surface area contributed by atoms with Gasteiger partial charge in [0.15, 0.2) is 5.75 Å². The molecule has 1 aliphatic heterocycles. The Kier molecular flexibility index (Phi) is 3.91. The number of rotatable bonds is 4. The van der Waals surface area contributed by atoms with E-state index in [9.17, 15) is 0 Å². The van der Waals surface area contributed by atoms with Gasteiger partial charge >= 0.3 is 0 Å². The van der Waals surface area contributed by atoms with Crippen LogP contribution in [0.4, 0.5) is 0 Å². The summed E-state index contributed by atoms with van der Waals surface area (Å²) >= 11 is 2.01. The molecule has 0 aromatic carbocycles. The van der Waals surface area contributed by atoms with Crippen molar-refractivity contribution >= 4 is 11.8 Å². The number of hydrogen-bond acceptors (Lipinski definition) is 4. The molecule has 15 heavy (non-hydrogen) atoms. The molecule has 84 valence electrons. The van der Waals surface area contributed by atoms with Gasteiger partial charge in [-0.1, -0.05) is 0 Å². The molecular formula is C10H17N3OS. The average Bonchev–Trinajstić information content (AvgIpc) is 2.68. The first-order valence-electron chi connectivity index (χ1n) is 5.35. The average molecular weight is 227 g/mol. The van der Waals surface area contributed by atoms with Gasteiger partial charge in [0.25, 0.3) is 0 Å². The van der Waals surface area contributed by atoms with Crippen LogP contribution in [-0.4, -0.2) is 33.9 Å². The van der Waals surface area contributed by atoms with E-state index in [0.29, 0.717) is 12.6 Å². The maximum atomic E-state index is 5.84. The fourth-order valence-corrected chi connectivity index (χ4v) is 2.71. The minimum absolute atomic E-state index is 0.377. The normalized spacial score (nSPS) is 17.9. The van der Waals surface area contributed by atoms with Crippen molar-refractivity contribution in [3.8, 4) is 5.75 Å². The van der Waals surface area contributed by atoms with Crippen molar-refractivity contribution < 1.29 is 4.74 Å². The van der Waals surface area contributed by atoms with Gasteiger partial charge in [-0.25, -0.2) is 0 Å². The van der Waals surface area contributed by atoms with Gasteiger partial charge in [0.2, 0.25) is 0 Å². The molecule has 0 spiro atoms. The van der Waals surface area contributed by atoms with Crippen LogP contribution in [0, 0.1) is 0 Å². The highest BCUT2D eigenvalue weighted by Crippen LogP contribution is 2.22. The molecule has 0 amide bonds. The molecule has 1 saturated heterocycles. The summed E-state index contributed by atoms with van der Waals surface area (Å²) in [7, 11) is 0. The zero-order valence-electron chi connectivity index (χ0n) is 8.76. The molecule has 0 saturated carbocycles. The van der Waals surface area contributed by atoms with Gasteiger partial charge in [-0.3, -0.25) is 4.68 Å². The Hall–Kier alpha value is -0.680. The molecule has 2 N–H and O–H groups in total. The monoisotopic (exact) mass is 227 g/mol. The summed E-state index contributed by atoms with van der Waals surface area (Å²) < 4.78 is 7.67. The number of hydrogen-bond donors (Lipinski definition) is 1. The Balaban J connectivity index is 1.86. The molecule has 0 radical (unpaired) electrons. The maximum absolute atomic E-state index is 5.84. The Morgan fingerprint density at radius 3 is 3.07 bits per heavy atom. The lowest BCUT2D eigenvalue weighted by Gasteiger charge is -2.21. The second-order valence-electron chi connectivity index (χ2n) is 3.66. The van der Waals surface area contributed by atoms with Crippen molar-refractivity contribution in [3.05, 3.63) is 12.4 Å². The fourth-order valence-electron chi connectivity index (χ4n) is 1.65. The van der Waals surface area contributed by atoms with E-state index in [1.54, 1.807) is 6.20 Å². The van der Waals surface area contributed by atoms with Gasteiger partial charge in [0, 0.05) is 6.54 Å². The van der Waals surface area contributed by atoms with Crippen molar-refractivity contribution in [3.63, 3.8) is 0 Å². The molecule has 1 fully saturated rings. The molecule has 0 unspecified atom stereocenters. The summed E-state index contributed by atoms with van der Waals surface area (Å²) in [6.45, 7) is 1.37. The second-order valence-corrected chi connectivity index (χ2v) is 4.88. The fraction of sp³-hybridized carbons (Fsp3) is 0.700. The zero-order chi connectivity index (χ0) is 10.5. The van der Waals surface area contributed by atoms with E-state index in [1.165, 1.54) is 11.5 Å². The summed E-state index contributed by atoms with van der Waals surface area (Å²) in [4.78, 5) is 0. The predicted molar refractivity (Wildman–Crippen MR) is 62.3 cm³/mol. The third kappa shape index (κ3) is 3.14. The molecule has 1 aromatic rings. The van der Waals surface area contributed by atoms with Crippen LogP contribution in [0.5, 0.6) is 5.75 Å². The standard InChI is InChI=1S/C10H17N3OS/c11-3-4-13-8-10(7-12-13)14-9-1-5-15-6-2-9/h7-9H,1-6,11H2. The predicted octanol–water partition coefficient (Wildman–Crippen LogP) is 1.12. The van der Waals surface area contributed by atoms with Crippen LogP contribution in [0.15, 0.2) is 12.4 Å². The molecular weight excluding hydrogens is 210 g/mol. The molecule has 2 heterocycles. The van der Waals surface area contributed by atoms with Gasteiger partial charge in [0.05, 0.1) is 18.9 Å². The molecule has 1 aromatic heterocycles. The molecule has 2 rings (SSSR count). The highest BCUT2D eigenvalue weighted by molar-refractivity contribution is 7.99. The molecule has 0 aliphatic carbocycles. The van der Waals surface area contributed by atoms with Gasteiger partial charge in [-0.15, -0.1) is 0 Å². The summed E-state index contributed by atoms with van der Waals surface area (Å²) in [5, 5.41) is 4.18. The number of thioether (sulfide) groups is 1. The van der Waals surface area contributed by atoms with Crippen LogP contribution >= 0.6 is 11.8 Å². The zero-order valence-corrected chi connectivity index (χ0v) is 9.58. The molecule has 0 atom stereocenters. The van der Waals surface area contributed by atoms with Crippen molar-refractivity contribution in [2.45, 2.75) is 25.5 Å². The van der Waals surface area contributed by atoms with Crippen molar-refractivity contribution in [1.29, 1.82) is 0 Å². The van der Waals surface area contributed by atoms with E-state index in [4.69, 9.17) is 10.5 Å². The van der Waals surface area contributed by atoms with Crippen molar-refractivity contribution in [2.75, 3.05) is 18.1 Å². The van der Waals surface area contributed by atoms with E-state index < -0.39 is 0 Å². The van der Waals surface area contributed by atoms with Gasteiger partial charge in [-0.2, -0.15) is 16.9 Å². The smallest absolute Gasteiger partial charge is 0.157 e. The highest BCUT2D eigenvalue weighted by Gasteiger charge is 2.15. The summed E-state index contributed by atoms with van der Waals surface area (Å²) in [6, 6.07) is 0. The van der Waals surface area contributed by atoms with Gasteiger partial charge in [-0.05, 0) is 24.3 Å². The lowest BCUT2D eigenvalue weighted by atomic mass is 10.2. The number of nitrogens with zero attached hydrogens (tertiary/aromatic N) is 2. The Bertz CT molecular complexity index is 297. The number of ether oxygens (including phenoxy) is 1. The first kappa shape index (κ1) is 10.8. The Morgan fingerprint density at radius 2 is 2.33 bits per heavy atom. The lowest BCUT2D eigenvalue weighted by molar-refractivity contribution is 0.192. The topological polar surface area (TPSA) is 53.1 Å². The van der Waals surface area contributed by atoms with Crippen LogP contribution in [0.2, 0.25) is 0 Å². The van der Waals surface area contributed by atoms with Crippen LogP contribution in [0.1, 0.15) is 12.8 Å². The van der Waals surface area contributed by atoms with Crippen molar-refractivity contribution in [2.24, 2.45) is 5.73 Å². The largest absolute Gasteiger partial charge is 0.487 e. The summed E-state index contributed by atoms with van der Waals surface area (Å²) in [5.74, 6) is 3.30. The molecule has 4 nitrogen and oxygen atoms in total.